The Hall–Kier alpha value is -1.75. The highest BCUT2D eigenvalue weighted by atomic mass is 32.2. The zero-order valence-corrected chi connectivity index (χ0v) is 17.0. The third-order valence-corrected chi connectivity index (χ3v) is 6.50. The zero-order valence-electron chi connectivity index (χ0n) is 16.2. The topological polar surface area (TPSA) is 17.4 Å². The van der Waals surface area contributed by atoms with E-state index >= 15 is 0 Å². The maximum absolute atomic E-state index is 5.47. The van der Waals surface area contributed by atoms with Crippen LogP contribution in [-0.2, 0) is 17.7 Å². The molecule has 0 spiro atoms. The largest absolute Gasteiger partial charge is 0.379 e. The first-order valence-electron chi connectivity index (χ1n) is 9.91. The van der Waals surface area contributed by atoms with Crippen molar-refractivity contribution in [3.63, 3.8) is 0 Å². The minimum atomic E-state index is 0.565. The molecule has 1 saturated heterocycles. The van der Waals surface area contributed by atoms with Gasteiger partial charge >= 0.3 is 0 Å². The number of aryl methyl sites for hydroxylation is 1. The number of hydrogen-bond donors (Lipinski definition) is 0. The van der Waals surface area contributed by atoms with E-state index in [0.29, 0.717) is 6.04 Å². The molecule has 2 aromatic carbocycles. The summed E-state index contributed by atoms with van der Waals surface area (Å²) in [5, 5.41) is 1.34. The SMILES string of the molecule is CCn1cc(Sc2ccc(CC(C)N3CCOCC3)cc2)c2ccccc21. The number of nitrogens with zero attached hydrogens (tertiary/aromatic N) is 2. The molecule has 1 atom stereocenters. The second-order valence-electron chi connectivity index (χ2n) is 7.24. The average Bonchev–Trinajstić information content (AvgIpc) is 3.08. The summed E-state index contributed by atoms with van der Waals surface area (Å²) in [5.74, 6) is 0. The molecular weight excluding hydrogens is 352 g/mol. The first-order valence-corrected chi connectivity index (χ1v) is 10.7. The van der Waals surface area contributed by atoms with E-state index in [1.807, 2.05) is 11.8 Å². The second kappa shape index (κ2) is 8.51. The Balaban J connectivity index is 1.45. The summed E-state index contributed by atoms with van der Waals surface area (Å²) in [6.07, 6.45) is 3.38. The smallest absolute Gasteiger partial charge is 0.0594 e. The number of rotatable bonds is 6. The minimum absolute atomic E-state index is 0.565. The summed E-state index contributed by atoms with van der Waals surface area (Å²) in [5.41, 5.74) is 2.73. The molecule has 0 bridgehead atoms. The van der Waals surface area contributed by atoms with Gasteiger partial charge in [0.2, 0.25) is 0 Å². The second-order valence-corrected chi connectivity index (χ2v) is 8.36. The third-order valence-electron chi connectivity index (χ3n) is 5.44. The van der Waals surface area contributed by atoms with Crippen LogP contribution < -0.4 is 0 Å². The van der Waals surface area contributed by atoms with Crippen LogP contribution in [0.2, 0.25) is 0 Å². The first-order chi connectivity index (χ1) is 13.2. The predicted octanol–water partition coefficient (Wildman–Crippen LogP) is 5.08. The Kier molecular flexibility index (Phi) is 5.86. The fourth-order valence-electron chi connectivity index (χ4n) is 3.87. The van der Waals surface area contributed by atoms with Crippen molar-refractivity contribution >= 4 is 22.7 Å². The van der Waals surface area contributed by atoms with Crippen LogP contribution in [0.25, 0.3) is 10.9 Å². The van der Waals surface area contributed by atoms with Gasteiger partial charge in [0.05, 0.1) is 13.2 Å². The molecule has 3 nitrogen and oxygen atoms in total. The van der Waals surface area contributed by atoms with Crippen LogP contribution in [0.3, 0.4) is 0 Å². The number of morpholine rings is 1. The van der Waals surface area contributed by atoms with Gasteiger partial charge in [-0.3, -0.25) is 4.90 Å². The molecule has 2 heterocycles. The molecule has 0 aliphatic carbocycles. The highest BCUT2D eigenvalue weighted by Gasteiger charge is 2.17. The van der Waals surface area contributed by atoms with Gasteiger partial charge in [-0.1, -0.05) is 42.1 Å². The Bertz CT molecular complexity index is 881. The molecular formula is C23H28N2OS. The molecule has 1 aliphatic rings. The van der Waals surface area contributed by atoms with E-state index < -0.39 is 0 Å². The molecule has 1 fully saturated rings. The van der Waals surface area contributed by atoms with Gasteiger partial charge < -0.3 is 9.30 Å². The lowest BCUT2D eigenvalue weighted by atomic mass is 10.1. The monoisotopic (exact) mass is 380 g/mol. The highest BCUT2D eigenvalue weighted by molar-refractivity contribution is 7.99. The van der Waals surface area contributed by atoms with Crippen molar-refractivity contribution < 1.29 is 4.74 Å². The van der Waals surface area contributed by atoms with Gasteiger partial charge in [-0.25, -0.2) is 0 Å². The van der Waals surface area contributed by atoms with E-state index in [1.165, 1.54) is 26.3 Å². The van der Waals surface area contributed by atoms with Crippen LogP contribution in [-0.4, -0.2) is 41.8 Å². The molecule has 3 aromatic rings. The Morgan fingerprint density at radius 1 is 1.04 bits per heavy atom. The molecule has 0 saturated carbocycles. The average molecular weight is 381 g/mol. The number of benzene rings is 2. The quantitative estimate of drug-likeness (QED) is 0.594. The zero-order chi connectivity index (χ0) is 18.6. The van der Waals surface area contributed by atoms with Crippen molar-refractivity contribution in [2.75, 3.05) is 26.3 Å². The Labute approximate surface area is 166 Å². The third kappa shape index (κ3) is 4.23. The van der Waals surface area contributed by atoms with Gasteiger partial charge in [0.25, 0.3) is 0 Å². The number of ether oxygens (including phenoxy) is 1. The summed E-state index contributed by atoms with van der Waals surface area (Å²) in [4.78, 5) is 5.17. The van der Waals surface area contributed by atoms with Crippen LogP contribution in [0.15, 0.2) is 64.5 Å². The normalized spacial score (nSPS) is 16.7. The van der Waals surface area contributed by atoms with Gasteiger partial charge in [-0.05, 0) is 44.0 Å². The predicted molar refractivity (Wildman–Crippen MR) is 114 cm³/mol. The molecule has 27 heavy (non-hydrogen) atoms. The molecule has 1 aliphatic heterocycles. The lowest BCUT2D eigenvalue weighted by Gasteiger charge is -2.32. The molecule has 1 aromatic heterocycles. The molecule has 0 amide bonds. The summed E-state index contributed by atoms with van der Waals surface area (Å²) in [6, 6.07) is 18.4. The van der Waals surface area contributed by atoms with E-state index in [4.69, 9.17) is 4.74 Å². The molecule has 0 radical (unpaired) electrons. The lowest BCUT2D eigenvalue weighted by Crippen LogP contribution is -2.43. The van der Waals surface area contributed by atoms with Gasteiger partial charge in [0.15, 0.2) is 0 Å². The van der Waals surface area contributed by atoms with Gasteiger partial charge in [0, 0.05) is 52.6 Å². The van der Waals surface area contributed by atoms with Crippen molar-refractivity contribution in [3.8, 4) is 0 Å². The number of hydrogen-bond acceptors (Lipinski definition) is 3. The van der Waals surface area contributed by atoms with Crippen LogP contribution in [0.5, 0.6) is 0 Å². The van der Waals surface area contributed by atoms with Crippen molar-refractivity contribution in [1.29, 1.82) is 0 Å². The number of para-hydroxylation sites is 1. The Morgan fingerprint density at radius 2 is 1.78 bits per heavy atom. The molecule has 1 unspecified atom stereocenters. The van der Waals surface area contributed by atoms with Gasteiger partial charge in [-0.15, -0.1) is 0 Å². The fourth-order valence-corrected chi connectivity index (χ4v) is 4.85. The van der Waals surface area contributed by atoms with E-state index in [9.17, 15) is 0 Å². The van der Waals surface area contributed by atoms with E-state index in [0.717, 1.165) is 39.3 Å². The van der Waals surface area contributed by atoms with Crippen LogP contribution in [0, 0.1) is 0 Å². The van der Waals surface area contributed by atoms with Crippen LogP contribution in [0.4, 0.5) is 0 Å². The number of aromatic nitrogens is 1. The highest BCUT2D eigenvalue weighted by Crippen LogP contribution is 2.35. The molecule has 0 N–H and O–H groups in total. The Morgan fingerprint density at radius 3 is 2.52 bits per heavy atom. The molecule has 4 heteroatoms. The van der Waals surface area contributed by atoms with Crippen LogP contribution >= 0.6 is 11.8 Å². The summed E-state index contributed by atoms with van der Waals surface area (Å²) >= 11 is 1.86. The van der Waals surface area contributed by atoms with E-state index in [1.54, 1.807) is 0 Å². The van der Waals surface area contributed by atoms with Crippen molar-refractivity contribution in [2.24, 2.45) is 0 Å². The van der Waals surface area contributed by atoms with Crippen molar-refractivity contribution in [3.05, 3.63) is 60.3 Å². The van der Waals surface area contributed by atoms with Crippen molar-refractivity contribution in [2.45, 2.75) is 42.6 Å². The van der Waals surface area contributed by atoms with Crippen LogP contribution in [0.1, 0.15) is 19.4 Å². The summed E-state index contributed by atoms with van der Waals surface area (Å²) in [6.45, 7) is 9.36. The standard InChI is InChI=1S/C23H28N2OS/c1-3-24-17-23(21-6-4-5-7-22(21)24)27-20-10-8-19(9-11-20)16-18(2)25-12-14-26-15-13-25/h4-11,17-18H,3,12-16H2,1-2H3. The van der Waals surface area contributed by atoms with Gasteiger partial charge in [-0.2, -0.15) is 0 Å². The summed E-state index contributed by atoms with van der Waals surface area (Å²) in [7, 11) is 0. The molecule has 142 valence electrons. The minimum Gasteiger partial charge on any atom is -0.379 e. The van der Waals surface area contributed by atoms with Crippen molar-refractivity contribution in [1.82, 2.24) is 9.47 Å². The van der Waals surface area contributed by atoms with Gasteiger partial charge in [0.1, 0.15) is 0 Å². The molecule has 4 rings (SSSR count). The lowest BCUT2D eigenvalue weighted by molar-refractivity contribution is 0.0203. The maximum atomic E-state index is 5.47. The fraction of sp³-hybridized carbons (Fsp3) is 0.391. The van der Waals surface area contributed by atoms with E-state index in [2.05, 4.69) is 78.0 Å². The summed E-state index contributed by atoms with van der Waals surface area (Å²) < 4.78 is 7.80. The maximum Gasteiger partial charge on any atom is 0.0594 e. The van der Waals surface area contributed by atoms with E-state index in [-0.39, 0.29) is 0 Å². The first kappa shape index (κ1) is 18.6. The number of fused-ring (bicyclic) bond motifs is 1.